The summed E-state index contributed by atoms with van der Waals surface area (Å²) in [5.41, 5.74) is 3.29. The number of piperidine rings is 1. The highest BCUT2D eigenvalue weighted by Gasteiger charge is 2.26. The van der Waals surface area contributed by atoms with Crippen molar-refractivity contribution in [1.29, 1.82) is 0 Å². The molecule has 1 fully saturated rings. The molecule has 3 aromatic rings. The number of carbonyl (C=O) groups excluding carboxylic acids is 1. The Balaban J connectivity index is 1.42. The van der Waals surface area contributed by atoms with E-state index in [4.69, 9.17) is 11.6 Å². The largest absolute Gasteiger partial charge is 0.390 e. The lowest BCUT2D eigenvalue weighted by molar-refractivity contribution is -0.120. The molecule has 0 saturated carbocycles. The van der Waals surface area contributed by atoms with Gasteiger partial charge in [0.25, 0.3) is 0 Å². The molecule has 4 heterocycles. The highest BCUT2D eigenvalue weighted by Crippen LogP contribution is 2.32. The predicted molar refractivity (Wildman–Crippen MR) is 121 cm³/mol. The number of hydrogen-bond donors (Lipinski definition) is 2. The van der Waals surface area contributed by atoms with Crippen LogP contribution in [0.3, 0.4) is 0 Å². The number of pyridine rings is 3. The molecular formula is C23H24ClN5O2. The van der Waals surface area contributed by atoms with Crippen LogP contribution >= 0.6 is 11.6 Å². The fraction of sp³-hybridized carbons (Fsp3) is 0.304. The summed E-state index contributed by atoms with van der Waals surface area (Å²) in [5, 5.41) is 12.6. The zero-order valence-corrected chi connectivity index (χ0v) is 18.0. The second kappa shape index (κ2) is 9.41. The molecule has 1 aliphatic rings. The number of carbonyl (C=O) groups is 1. The second-order valence-electron chi connectivity index (χ2n) is 7.61. The Kier molecular flexibility index (Phi) is 6.44. The minimum Gasteiger partial charge on any atom is -0.390 e. The van der Waals surface area contributed by atoms with Crippen molar-refractivity contribution in [2.75, 3.05) is 23.3 Å². The number of aromatic nitrogens is 3. The number of rotatable bonds is 5. The van der Waals surface area contributed by atoms with E-state index in [0.717, 1.165) is 35.7 Å². The van der Waals surface area contributed by atoms with E-state index in [2.05, 4.69) is 25.2 Å². The van der Waals surface area contributed by atoms with Gasteiger partial charge in [-0.3, -0.25) is 9.78 Å². The van der Waals surface area contributed by atoms with Gasteiger partial charge in [-0.1, -0.05) is 23.7 Å². The van der Waals surface area contributed by atoms with E-state index in [0.29, 0.717) is 29.4 Å². The fourth-order valence-electron chi connectivity index (χ4n) is 3.79. The zero-order valence-electron chi connectivity index (χ0n) is 17.3. The van der Waals surface area contributed by atoms with Gasteiger partial charge in [0.15, 0.2) is 0 Å². The summed E-state index contributed by atoms with van der Waals surface area (Å²) in [4.78, 5) is 28.0. The van der Waals surface area contributed by atoms with Crippen LogP contribution in [0.4, 0.5) is 11.6 Å². The van der Waals surface area contributed by atoms with Crippen molar-refractivity contribution in [3.63, 3.8) is 0 Å². The number of halogens is 1. The molecule has 31 heavy (non-hydrogen) atoms. The van der Waals surface area contributed by atoms with Gasteiger partial charge in [0.1, 0.15) is 11.6 Å². The van der Waals surface area contributed by atoms with Crippen LogP contribution in [-0.4, -0.2) is 39.1 Å². The Hall–Kier alpha value is -3.03. The SMILES string of the molecule is Cc1cccnc1-c1cc(N2CCC(C(=O)Nc3cccc(CO)n3)CC2)ncc1Cl. The van der Waals surface area contributed by atoms with Crippen LogP contribution in [-0.2, 0) is 11.4 Å². The lowest BCUT2D eigenvalue weighted by atomic mass is 9.95. The average Bonchev–Trinajstić information content (AvgIpc) is 2.80. The molecule has 7 nitrogen and oxygen atoms in total. The van der Waals surface area contributed by atoms with E-state index in [-0.39, 0.29) is 18.4 Å². The van der Waals surface area contributed by atoms with Gasteiger partial charge in [-0.15, -0.1) is 0 Å². The van der Waals surface area contributed by atoms with Crippen molar-refractivity contribution in [3.05, 3.63) is 65.1 Å². The van der Waals surface area contributed by atoms with E-state index in [1.54, 1.807) is 30.6 Å². The van der Waals surface area contributed by atoms with Crippen LogP contribution in [0, 0.1) is 12.8 Å². The van der Waals surface area contributed by atoms with Gasteiger partial charge in [-0.05, 0) is 49.6 Å². The van der Waals surface area contributed by atoms with Crippen molar-refractivity contribution in [2.45, 2.75) is 26.4 Å². The number of amides is 1. The number of aliphatic hydroxyl groups excluding tert-OH is 1. The Labute approximate surface area is 186 Å². The molecule has 0 bridgehead atoms. The molecule has 0 aliphatic carbocycles. The Morgan fingerprint density at radius 2 is 2.03 bits per heavy atom. The van der Waals surface area contributed by atoms with Gasteiger partial charge in [-0.2, -0.15) is 0 Å². The molecule has 1 amide bonds. The van der Waals surface area contributed by atoms with Crippen LogP contribution in [0.2, 0.25) is 5.02 Å². The van der Waals surface area contributed by atoms with Gasteiger partial charge >= 0.3 is 0 Å². The van der Waals surface area contributed by atoms with E-state index in [9.17, 15) is 9.90 Å². The molecule has 3 aromatic heterocycles. The molecule has 0 aromatic carbocycles. The minimum absolute atomic E-state index is 0.0453. The van der Waals surface area contributed by atoms with Crippen molar-refractivity contribution < 1.29 is 9.90 Å². The Bertz CT molecular complexity index is 1080. The zero-order chi connectivity index (χ0) is 21.8. The van der Waals surface area contributed by atoms with Crippen LogP contribution < -0.4 is 10.2 Å². The Morgan fingerprint density at radius 3 is 2.77 bits per heavy atom. The second-order valence-corrected chi connectivity index (χ2v) is 8.02. The van der Waals surface area contributed by atoms with E-state index < -0.39 is 0 Å². The number of nitrogens with zero attached hydrogens (tertiary/aromatic N) is 4. The lowest BCUT2D eigenvalue weighted by Crippen LogP contribution is -2.38. The molecule has 2 N–H and O–H groups in total. The molecule has 0 unspecified atom stereocenters. The van der Waals surface area contributed by atoms with Gasteiger partial charge in [0.2, 0.25) is 5.91 Å². The standard InChI is InChI=1S/C23H24ClN5O2/c1-15-4-3-9-25-22(15)18-12-21(26-13-19(18)24)29-10-7-16(8-11-29)23(31)28-20-6-2-5-17(14-30)27-20/h2-6,9,12-13,16,30H,7-8,10-11,14H2,1H3,(H,27,28,31). The maximum absolute atomic E-state index is 12.7. The average molecular weight is 438 g/mol. The van der Waals surface area contributed by atoms with Gasteiger partial charge in [0, 0.05) is 37.0 Å². The first-order valence-corrected chi connectivity index (χ1v) is 10.6. The number of aryl methyl sites for hydroxylation is 1. The van der Waals surface area contributed by atoms with Crippen LogP contribution in [0.15, 0.2) is 48.8 Å². The molecule has 0 radical (unpaired) electrons. The highest BCUT2D eigenvalue weighted by atomic mass is 35.5. The maximum atomic E-state index is 12.7. The first-order chi connectivity index (χ1) is 15.0. The molecule has 1 saturated heterocycles. The third kappa shape index (κ3) is 4.84. The summed E-state index contributed by atoms with van der Waals surface area (Å²) < 4.78 is 0. The normalized spacial score (nSPS) is 14.5. The third-order valence-corrected chi connectivity index (χ3v) is 5.82. The third-order valence-electron chi connectivity index (χ3n) is 5.52. The molecule has 160 valence electrons. The van der Waals surface area contributed by atoms with Crippen molar-refractivity contribution in [1.82, 2.24) is 15.0 Å². The summed E-state index contributed by atoms with van der Waals surface area (Å²) in [7, 11) is 0. The minimum atomic E-state index is -0.157. The van der Waals surface area contributed by atoms with Crippen molar-refractivity contribution in [3.8, 4) is 11.3 Å². The topological polar surface area (TPSA) is 91.2 Å². The van der Waals surface area contributed by atoms with Gasteiger partial charge in [0.05, 0.1) is 23.0 Å². The maximum Gasteiger partial charge on any atom is 0.228 e. The highest BCUT2D eigenvalue weighted by molar-refractivity contribution is 6.33. The summed E-state index contributed by atoms with van der Waals surface area (Å²) in [6, 6.07) is 11.1. The summed E-state index contributed by atoms with van der Waals surface area (Å²) in [6.45, 7) is 3.29. The number of anilines is 2. The fourth-order valence-corrected chi connectivity index (χ4v) is 3.98. The molecule has 0 atom stereocenters. The molecule has 0 spiro atoms. The van der Waals surface area contributed by atoms with E-state index in [1.807, 2.05) is 25.1 Å². The lowest BCUT2D eigenvalue weighted by Gasteiger charge is -2.32. The summed E-state index contributed by atoms with van der Waals surface area (Å²) >= 11 is 6.41. The predicted octanol–water partition coefficient (Wildman–Crippen LogP) is 3.85. The molecule has 1 aliphatic heterocycles. The van der Waals surface area contributed by atoms with E-state index in [1.165, 1.54) is 0 Å². The smallest absolute Gasteiger partial charge is 0.228 e. The monoisotopic (exact) mass is 437 g/mol. The first-order valence-electron chi connectivity index (χ1n) is 10.3. The molecule has 4 rings (SSSR count). The van der Waals surface area contributed by atoms with Crippen LogP contribution in [0.5, 0.6) is 0 Å². The van der Waals surface area contributed by atoms with Crippen LogP contribution in [0.1, 0.15) is 24.1 Å². The number of hydrogen-bond acceptors (Lipinski definition) is 6. The quantitative estimate of drug-likeness (QED) is 0.630. The molecular weight excluding hydrogens is 414 g/mol. The van der Waals surface area contributed by atoms with Gasteiger partial charge < -0.3 is 15.3 Å². The van der Waals surface area contributed by atoms with E-state index >= 15 is 0 Å². The van der Waals surface area contributed by atoms with Crippen molar-refractivity contribution in [2.24, 2.45) is 5.92 Å². The van der Waals surface area contributed by atoms with Crippen molar-refractivity contribution >= 4 is 29.1 Å². The summed E-state index contributed by atoms with van der Waals surface area (Å²) in [6.07, 6.45) is 4.86. The summed E-state index contributed by atoms with van der Waals surface area (Å²) in [5.74, 6) is 1.16. The van der Waals surface area contributed by atoms with Gasteiger partial charge in [-0.25, -0.2) is 9.97 Å². The number of nitrogens with one attached hydrogen (secondary N) is 1. The first kappa shape index (κ1) is 21.2. The Morgan fingerprint density at radius 1 is 1.23 bits per heavy atom. The number of aliphatic hydroxyl groups is 1. The van der Waals surface area contributed by atoms with Crippen LogP contribution in [0.25, 0.3) is 11.3 Å². The molecule has 8 heteroatoms.